The first kappa shape index (κ1) is 18.0. The van der Waals surface area contributed by atoms with Crippen LogP contribution >= 0.6 is 0 Å². The molecule has 1 aromatic carbocycles. The molecular weight excluding hydrogens is 304 g/mol. The lowest BCUT2D eigenvalue weighted by atomic mass is 9.99. The summed E-state index contributed by atoms with van der Waals surface area (Å²) in [7, 11) is 1.97. The van der Waals surface area contributed by atoms with Gasteiger partial charge < -0.3 is 15.4 Å². The minimum atomic E-state index is -0.915. The number of aryl methyl sites for hydroxylation is 3. The predicted octanol–water partition coefficient (Wildman–Crippen LogP) is 3.34. The Morgan fingerprint density at radius 1 is 1.21 bits per heavy atom. The van der Waals surface area contributed by atoms with E-state index in [1.54, 1.807) is 6.07 Å². The number of nitrogens with zero attached hydrogens (tertiary/aromatic N) is 1. The summed E-state index contributed by atoms with van der Waals surface area (Å²) in [5.41, 5.74) is 9.61. The van der Waals surface area contributed by atoms with Crippen molar-refractivity contribution in [2.24, 2.45) is 12.8 Å². The van der Waals surface area contributed by atoms with Crippen LogP contribution in [0, 0.1) is 6.92 Å². The molecule has 0 unspecified atom stereocenters. The number of benzene rings is 1. The molecule has 0 aliphatic carbocycles. The number of aromatic carboxylic acids is 1. The summed E-state index contributed by atoms with van der Waals surface area (Å²) >= 11 is 0. The fraction of sp³-hybridized carbons (Fsp3) is 0.474. The number of rotatable bonds is 8. The highest BCUT2D eigenvalue weighted by atomic mass is 16.4. The van der Waals surface area contributed by atoms with Crippen molar-refractivity contribution in [3.63, 3.8) is 0 Å². The van der Waals surface area contributed by atoms with Gasteiger partial charge >= 0.3 is 5.97 Å². The third-order valence-corrected chi connectivity index (χ3v) is 4.65. The highest BCUT2D eigenvalue weighted by Gasteiger charge is 2.18. The van der Waals surface area contributed by atoms with E-state index in [-0.39, 0.29) is 5.91 Å². The van der Waals surface area contributed by atoms with Crippen molar-refractivity contribution in [3.8, 4) is 0 Å². The average molecular weight is 330 g/mol. The molecule has 0 saturated heterocycles. The summed E-state index contributed by atoms with van der Waals surface area (Å²) in [6.45, 7) is 3.97. The summed E-state index contributed by atoms with van der Waals surface area (Å²) in [5, 5.41) is 10.4. The van der Waals surface area contributed by atoms with E-state index < -0.39 is 5.97 Å². The molecule has 24 heavy (non-hydrogen) atoms. The first-order chi connectivity index (χ1) is 11.4. The molecule has 1 aromatic heterocycles. The number of nitrogens with two attached hydrogens (primary N) is 1. The topological polar surface area (TPSA) is 85.3 Å². The van der Waals surface area contributed by atoms with Gasteiger partial charge in [0.1, 0.15) is 0 Å². The van der Waals surface area contributed by atoms with E-state index >= 15 is 0 Å². The Hall–Kier alpha value is -2.30. The molecule has 130 valence electrons. The zero-order chi connectivity index (χ0) is 17.9. The zero-order valence-electron chi connectivity index (χ0n) is 14.7. The second-order valence-corrected chi connectivity index (χ2v) is 6.40. The van der Waals surface area contributed by atoms with E-state index in [0.717, 1.165) is 47.7 Å². The smallest absolute Gasteiger partial charge is 0.336 e. The average Bonchev–Trinajstić information content (AvgIpc) is 2.76. The van der Waals surface area contributed by atoms with Gasteiger partial charge in [0.25, 0.3) is 0 Å². The Labute approximate surface area is 142 Å². The molecule has 1 heterocycles. The third kappa shape index (κ3) is 3.61. The molecule has 1 amide bonds. The van der Waals surface area contributed by atoms with Gasteiger partial charge in [-0.3, -0.25) is 4.79 Å². The van der Waals surface area contributed by atoms with Gasteiger partial charge in [-0.15, -0.1) is 0 Å². The molecule has 0 spiro atoms. The number of aromatic nitrogens is 1. The molecule has 0 fully saturated rings. The van der Waals surface area contributed by atoms with Crippen LogP contribution in [-0.4, -0.2) is 21.6 Å². The van der Waals surface area contributed by atoms with Crippen molar-refractivity contribution >= 4 is 22.8 Å². The van der Waals surface area contributed by atoms with Crippen molar-refractivity contribution in [2.45, 2.75) is 52.4 Å². The maximum absolute atomic E-state index is 11.4. The first-order valence-corrected chi connectivity index (χ1v) is 8.49. The molecule has 2 aromatic rings. The number of unbranched alkanes of at least 4 members (excludes halogenated alkanes) is 2. The van der Waals surface area contributed by atoms with Gasteiger partial charge in [-0.1, -0.05) is 19.8 Å². The highest BCUT2D eigenvalue weighted by molar-refractivity contribution is 5.97. The maximum atomic E-state index is 11.4. The predicted molar refractivity (Wildman–Crippen MR) is 95.4 cm³/mol. The Bertz CT molecular complexity index is 775. The Morgan fingerprint density at radius 2 is 1.92 bits per heavy atom. The number of hydrogen-bond acceptors (Lipinski definition) is 2. The van der Waals surface area contributed by atoms with Crippen LogP contribution < -0.4 is 5.73 Å². The Kier molecular flexibility index (Phi) is 5.65. The normalized spacial score (nSPS) is 11.1. The van der Waals surface area contributed by atoms with E-state index in [1.165, 1.54) is 5.69 Å². The molecular formula is C19H26N2O3. The molecule has 0 aliphatic rings. The molecule has 5 nitrogen and oxygen atoms in total. The fourth-order valence-corrected chi connectivity index (χ4v) is 3.34. The monoisotopic (exact) mass is 330 g/mol. The number of carboxylic acid groups (broad SMARTS) is 1. The van der Waals surface area contributed by atoms with Gasteiger partial charge in [0, 0.05) is 30.1 Å². The molecule has 0 bridgehead atoms. The lowest BCUT2D eigenvalue weighted by molar-refractivity contribution is -0.117. The van der Waals surface area contributed by atoms with Crippen LogP contribution in [0.3, 0.4) is 0 Å². The Balaban J connectivity index is 2.58. The molecule has 5 heteroatoms. The summed E-state index contributed by atoms with van der Waals surface area (Å²) in [6.07, 6.45) is 5.20. The second kappa shape index (κ2) is 7.51. The number of primary amides is 1. The largest absolute Gasteiger partial charge is 0.478 e. The molecule has 0 atom stereocenters. The van der Waals surface area contributed by atoms with Gasteiger partial charge in [0.2, 0.25) is 5.91 Å². The van der Waals surface area contributed by atoms with Gasteiger partial charge in [-0.05, 0) is 49.4 Å². The standard InChI is InChI=1S/C19H26N2O3/c1-4-5-6-7-16-13(8-9-18(20)22)15-10-12(2)14(19(23)24)11-17(15)21(16)3/h10-11H,4-9H2,1-3H3,(H2,20,22)(H,23,24). The van der Waals surface area contributed by atoms with Gasteiger partial charge in [0.15, 0.2) is 0 Å². The van der Waals surface area contributed by atoms with Crippen LogP contribution in [0.1, 0.15) is 59.8 Å². The van der Waals surface area contributed by atoms with Crippen LogP contribution in [0.25, 0.3) is 10.9 Å². The number of hydrogen-bond donors (Lipinski definition) is 2. The molecule has 2 rings (SSSR count). The van der Waals surface area contributed by atoms with Crippen LogP contribution in [0.4, 0.5) is 0 Å². The van der Waals surface area contributed by atoms with E-state index in [2.05, 4.69) is 11.5 Å². The van der Waals surface area contributed by atoms with Crippen molar-refractivity contribution in [1.82, 2.24) is 4.57 Å². The number of fused-ring (bicyclic) bond motifs is 1. The fourth-order valence-electron chi connectivity index (χ4n) is 3.34. The van der Waals surface area contributed by atoms with Crippen LogP contribution in [-0.2, 0) is 24.7 Å². The Morgan fingerprint density at radius 3 is 2.50 bits per heavy atom. The SMILES string of the molecule is CCCCCc1c(CCC(N)=O)c2cc(C)c(C(=O)O)cc2n1C. The van der Waals surface area contributed by atoms with Crippen molar-refractivity contribution in [2.75, 3.05) is 0 Å². The third-order valence-electron chi connectivity index (χ3n) is 4.65. The molecule has 0 aliphatic heterocycles. The quantitative estimate of drug-likeness (QED) is 0.728. The van der Waals surface area contributed by atoms with Crippen LogP contribution in [0.2, 0.25) is 0 Å². The number of amides is 1. The number of carboxylic acids is 1. The highest BCUT2D eigenvalue weighted by Crippen LogP contribution is 2.30. The lowest BCUT2D eigenvalue weighted by Crippen LogP contribution is -2.12. The summed E-state index contributed by atoms with van der Waals surface area (Å²) in [4.78, 5) is 22.7. The molecule has 3 N–H and O–H groups in total. The van der Waals surface area contributed by atoms with Gasteiger partial charge in [-0.2, -0.15) is 0 Å². The minimum absolute atomic E-state index is 0.305. The summed E-state index contributed by atoms with van der Waals surface area (Å²) in [5.74, 6) is -1.23. The first-order valence-electron chi connectivity index (χ1n) is 8.49. The molecule has 0 radical (unpaired) electrons. The number of carbonyl (C=O) groups is 2. The number of carbonyl (C=O) groups excluding carboxylic acids is 1. The van der Waals surface area contributed by atoms with Crippen molar-refractivity contribution < 1.29 is 14.7 Å². The van der Waals surface area contributed by atoms with E-state index in [9.17, 15) is 14.7 Å². The van der Waals surface area contributed by atoms with Crippen molar-refractivity contribution in [3.05, 3.63) is 34.5 Å². The minimum Gasteiger partial charge on any atom is -0.478 e. The zero-order valence-corrected chi connectivity index (χ0v) is 14.7. The lowest BCUT2D eigenvalue weighted by Gasteiger charge is -2.07. The second-order valence-electron chi connectivity index (χ2n) is 6.40. The van der Waals surface area contributed by atoms with Gasteiger partial charge in [-0.25, -0.2) is 4.79 Å². The maximum Gasteiger partial charge on any atom is 0.336 e. The molecule has 0 saturated carbocycles. The van der Waals surface area contributed by atoms with E-state index in [4.69, 9.17) is 5.73 Å². The van der Waals surface area contributed by atoms with Crippen LogP contribution in [0.15, 0.2) is 12.1 Å². The van der Waals surface area contributed by atoms with E-state index in [1.807, 2.05) is 20.0 Å². The van der Waals surface area contributed by atoms with E-state index in [0.29, 0.717) is 18.4 Å². The van der Waals surface area contributed by atoms with Gasteiger partial charge in [0.05, 0.1) is 5.56 Å². The summed E-state index contributed by atoms with van der Waals surface area (Å²) < 4.78 is 2.08. The van der Waals surface area contributed by atoms with Crippen LogP contribution in [0.5, 0.6) is 0 Å². The summed E-state index contributed by atoms with van der Waals surface area (Å²) in [6, 6.07) is 3.67. The van der Waals surface area contributed by atoms with Crippen molar-refractivity contribution in [1.29, 1.82) is 0 Å².